The normalized spacial score (nSPS) is 15.1. The number of carbonyl (C=O) groups excluding carboxylic acids is 1. The Morgan fingerprint density at radius 1 is 1.16 bits per heavy atom. The van der Waals surface area contributed by atoms with E-state index in [2.05, 4.69) is 29.1 Å². The monoisotopic (exact) mass is 433 g/mol. The number of hydrogen-bond acceptors (Lipinski definition) is 5. The van der Waals surface area contributed by atoms with E-state index in [1.807, 2.05) is 29.1 Å². The summed E-state index contributed by atoms with van der Waals surface area (Å²) in [5.41, 5.74) is 2.02. The van der Waals surface area contributed by atoms with Gasteiger partial charge in [-0.05, 0) is 44.9 Å². The number of fused-ring (bicyclic) bond motifs is 1. The van der Waals surface area contributed by atoms with Crippen molar-refractivity contribution >= 4 is 16.8 Å². The first kappa shape index (κ1) is 20.4. The van der Waals surface area contributed by atoms with E-state index >= 15 is 0 Å². The van der Waals surface area contributed by atoms with Gasteiger partial charge < -0.3 is 9.42 Å². The molecule has 1 aliphatic rings. The molecule has 0 spiro atoms. The first-order chi connectivity index (χ1) is 15.5. The van der Waals surface area contributed by atoms with Crippen LogP contribution in [0, 0.1) is 5.82 Å². The number of halogens is 1. The highest BCUT2D eigenvalue weighted by atomic mass is 19.1. The standard InChI is InChI=1S/C24H24FN5O2/c1-15(2)30-21-13-17(7-8-18(21)14-26-30)22-27-23(32-28-22)16-9-11-29(12-10-16)24(31)19-5-3-4-6-20(19)25/h3-8,13-16H,9-12H2,1-2H3. The highest BCUT2D eigenvalue weighted by molar-refractivity contribution is 5.94. The number of rotatable bonds is 4. The second kappa shape index (κ2) is 8.18. The van der Waals surface area contributed by atoms with Crippen LogP contribution in [0.1, 0.15) is 54.9 Å². The van der Waals surface area contributed by atoms with Crippen LogP contribution in [0.25, 0.3) is 22.3 Å². The average molecular weight is 433 g/mol. The molecule has 0 unspecified atom stereocenters. The predicted octanol–water partition coefficient (Wildman–Crippen LogP) is 4.83. The third-order valence-corrected chi connectivity index (χ3v) is 6.02. The summed E-state index contributed by atoms with van der Waals surface area (Å²) < 4.78 is 21.5. The Labute approximate surface area is 184 Å². The number of likely N-dealkylation sites (tertiary alicyclic amines) is 1. The Hall–Kier alpha value is -3.55. The molecule has 1 aliphatic heterocycles. The smallest absolute Gasteiger partial charge is 0.256 e. The number of benzene rings is 2. The molecule has 1 amide bonds. The second-order valence-electron chi connectivity index (χ2n) is 8.46. The highest BCUT2D eigenvalue weighted by Crippen LogP contribution is 2.30. The van der Waals surface area contributed by atoms with Crippen LogP contribution in [-0.2, 0) is 0 Å². The molecule has 4 aromatic rings. The molecular formula is C24H24FN5O2. The van der Waals surface area contributed by atoms with Crippen molar-refractivity contribution in [2.45, 2.75) is 38.6 Å². The maximum absolute atomic E-state index is 14.0. The molecule has 1 saturated heterocycles. The van der Waals surface area contributed by atoms with Crippen LogP contribution in [0.3, 0.4) is 0 Å². The minimum atomic E-state index is -0.489. The molecule has 7 nitrogen and oxygen atoms in total. The number of aromatic nitrogens is 4. The molecule has 5 rings (SSSR count). The maximum atomic E-state index is 14.0. The number of amides is 1. The lowest BCUT2D eigenvalue weighted by molar-refractivity contribution is 0.0700. The maximum Gasteiger partial charge on any atom is 0.256 e. The van der Waals surface area contributed by atoms with Crippen LogP contribution in [0.15, 0.2) is 53.2 Å². The fourth-order valence-electron chi connectivity index (χ4n) is 4.24. The van der Waals surface area contributed by atoms with Gasteiger partial charge in [0.1, 0.15) is 5.82 Å². The summed E-state index contributed by atoms with van der Waals surface area (Å²) in [4.78, 5) is 19.0. The van der Waals surface area contributed by atoms with Crippen LogP contribution >= 0.6 is 0 Å². The lowest BCUT2D eigenvalue weighted by Crippen LogP contribution is -2.38. The van der Waals surface area contributed by atoms with Crippen molar-refractivity contribution in [3.8, 4) is 11.4 Å². The average Bonchev–Trinajstić information content (AvgIpc) is 3.46. The van der Waals surface area contributed by atoms with Crippen LogP contribution < -0.4 is 0 Å². The van der Waals surface area contributed by atoms with Crippen molar-refractivity contribution in [1.82, 2.24) is 24.8 Å². The predicted molar refractivity (Wildman–Crippen MR) is 118 cm³/mol. The molecule has 2 aromatic carbocycles. The Morgan fingerprint density at radius 2 is 1.94 bits per heavy atom. The van der Waals surface area contributed by atoms with Gasteiger partial charge in [0.15, 0.2) is 0 Å². The summed E-state index contributed by atoms with van der Waals surface area (Å²) in [7, 11) is 0. The van der Waals surface area contributed by atoms with Crippen LogP contribution in [0.4, 0.5) is 4.39 Å². The second-order valence-corrected chi connectivity index (χ2v) is 8.46. The molecule has 2 aromatic heterocycles. The third-order valence-electron chi connectivity index (χ3n) is 6.02. The van der Waals surface area contributed by atoms with Gasteiger partial charge in [0.25, 0.3) is 5.91 Å². The molecule has 0 atom stereocenters. The van der Waals surface area contributed by atoms with Crippen LogP contribution in [0.2, 0.25) is 0 Å². The summed E-state index contributed by atoms with van der Waals surface area (Å²) in [5.74, 6) is 0.435. The quantitative estimate of drug-likeness (QED) is 0.461. The Balaban J connectivity index is 1.30. The zero-order valence-corrected chi connectivity index (χ0v) is 18.0. The van der Waals surface area contributed by atoms with E-state index in [0.29, 0.717) is 37.6 Å². The number of hydrogen-bond donors (Lipinski definition) is 0. The summed E-state index contributed by atoms with van der Waals surface area (Å²) in [6, 6.07) is 12.4. The molecule has 0 N–H and O–H groups in total. The van der Waals surface area contributed by atoms with Gasteiger partial charge in [0.2, 0.25) is 11.7 Å². The fourth-order valence-corrected chi connectivity index (χ4v) is 4.24. The Morgan fingerprint density at radius 3 is 2.69 bits per heavy atom. The van der Waals surface area contributed by atoms with Crippen molar-refractivity contribution in [3.05, 3.63) is 65.9 Å². The van der Waals surface area contributed by atoms with E-state index in [0.717, 1.165) is 16.5 Å². The molecule has 0 bridgehead atoms. The van der Waals surface area contributed by atoms with Gasteiger partial charge in [-0.15, -0.1) is 0 Å². The van der Waals surface area contributed by atoms with Crippen LogP contribution in [0.5, 0.6) is 0 Å². The van der Waals surface area contributed by atoms with E-state index in [9.17, 15) is 9.18 Å². The fraction of sp³-hybridized carbons (Fsp3) is 0.333. The topological polar surface area (TPSA) is 77.0 Å². The Bertz CT molecular complexity index is 1270. The van der Waals surface area contributed by atoms with Crippen molar-refractivity contribution in [2.75, 3.05) is 13.1 Å². The molecule has 32 heavy (non-hydrogen) atoms. The molecule has 0 aliphatic carbocycles. The first-order valence-electron chi connectivity index (χ1n) is 10.9. The molecular weight excluding hydrogens is 409 g/mol. The molecule has 3 heterocycles. The molecule has 164 valence electrons. The summed E-state index contributed by atoms with van der Waals surface area (Å²) in [6.45, 7) is 5.23. The van der Waals surface area contributed by atoms with Crippen molar-refractivity contribution in [3.63, 3.8) is 0 Å². The first-order valence-corrected chi connectivity index (χ1v) is 10.9. The van der Waals surface area contributed by atoms with E-state index in [4.69, 9.17) is 4.52 Å². The summed E-state index contributed by atoms with van der Waals surface area (Å²) >= 11 is 0. The van der Waals surface area contributed by atoms with E-state index < -0.39 is 5.82 Å². The van der Waals surface area contributed by atoms with Gasteiger partial charge in [-0.1, -0.05) is 29.4 Å². The minimum absolute atomic E-state index is 0.0749. The van der Waals surface area contributed by atoms with E-state index in [1.54, 1.807) is 17.0 Å². The van der Waals surface area contributed by atoms with Crippen molar-refractivity contribution < 1.29 is 13.7 Å². The van der Waals surface area contributed by atoms with Gasteiger partial charge in [-0.2, -0.15) is 10.1 Å². The Kier molecular flexibility index (Phi) is 5.20. The van der Waals surface area contributed by atoms with Gasteiger partial charge in [0, 0.05) is 36.0 Å². The van der Waals surface area contributed by atoms with Gasteiger partial charge >= 0.3 is 0 Å². The summed E-state index contributed by atoms with van der Waals surface area (Å²) in [5, 5.41) is 9.72. The SMILES string of the molecule is CC(C)n1ncc2ccc(-c3noc(C4CCN(C(=O)c5ccccc5F)CC4)n3)cc21. The van der Waals surface area contributed by atoms with Gasteiger partial charge in [0.05, 0.1) is 17.3 Å². The number of piperidine rings is 1. The van der Waals surface area contributed by atoms with Gasteiger partial charge in [-0.3, -0.25) is 9.48 Å². The number of carbonyl (C=O) groups is 1. The molecule has 1 fully saturated rings. The zero-order valence-electron chi connectivity index (χ0n) is 18.0. The van der Waals surface area contributed by atoms with Crippen LogP contribution in [-0.4, -0.2) is 43.8 Å². The van der Waals surface area contributed by atoms with E-state index in [-0.39, 0.29) is 23.4 Å². The highest BCUT2D eigenvalue weighted by Gasteiger charge is 2.29. The minimum Gasteiger partial charge on any atom is -0.339 e. The zero-order chi connectivity index (χ0) is 22.2. The third kappa shape index (κ3) is 3.66. The summed E-state index contributed by atoms with van der Waals surface area (Å²) in [6.07, 6.45) is 3.25. The van der Waals surface area contributed by atoms with Crippen molar-refractivity contribution in [1.29, 1.82) is 0 Å². The molecule has 0 saturated carbocycles. The molecule has 0 radical (unpaired) electrons. The molecule has 8 heteroatoms. The van der Waals surface area contributed by atoms with E-state index in [1.165, 1.54) is 12.1 Å². The number of nitrogens with zero attached hydrogens (tertiary/aromatic N) is 5. The lowest BCUT2D eigenvalue weighted by Gasteiger charge is -2.30. The van der Waals surface area contributed by atoms with Crippen molar-refractivity contribution in [2.24, 2.45) is 0 Å². The van der Waals surface area contributed by atoms with Gasteiger partial charge in [-0.25, -0.2) is 4.39 Å². The lowest BCUT2D eigenvalue weighted by atomic mass is 9.96. The largest absolute Gasteiger partial charge is 0.339 e.